The molecule has 0 unspecified atom stereocenters. The Morgan fingerprint density at radius 1 is 1.47 bits per heavy atom. The first-order chi connectivity index (χ1) is 8.97. The van der Waals surface area contributed by atoms with E-state index in [1.54, 1.807) is 24.3 Å². The van der Waals surface area contributed by atoms with Crippen LogP contribution in [0.4, 0.5) is 0 Å². The molecule has 0 heterocycles. The average molecular weight is 347 g/mol. The van der Waals surface area contributed by atoms with E-state index in [4.69, 9.17) is 5.73 Å². The lowest BCUT2D eigenvalue weighted by Gasteiger charge is -2.21. The van der Waals surface area contributed by atoms with E-state index in [-0.39, 0.29) is 4.90 Å². The minimum Gasteiger partial charge on any atom is -0.326 e. The van der Waals surface area contributed by atoms with E-state index in [0.717, 1.165) is 12.0 Å². The van der Waals surface area contributed by atoms with Crippen LogP contribution in [0.15, 0.2) is 40.2 Å². The zero-order chi connectivity index (χ0) is 14.5. The summed E-state index contributed by atoms with van der Waals surface area (Å²) in [6.07, 6.45) is 2.34. The van der Waals surface area contributed by atoms with E-state index >= 15 is 0 Å². The number of nitrogens with zero attached hydrogens (tertiary/aromatic N) is 1. The Labute approximate surface area is 123 Å². The van der Waals surface area contributed by atoms with E-state index in [2.05, 4.69) is 22.5 Å². The smallest absolute Gasteiger partial charge is 0.244 e. The maximum Gasteiger partial charge on any atom is 0.244 e. The van der Waals surface area contributed by atoms with Crippen LogP contribution >= 0.6 is 15.9 Å². The fourth-order valence-corrected chi connectivity index (χ4v) is 4.19. The topological polar surface area (TPSA) is 63.4 Å². The molecule has 0 fully saturated rings. The molecule has 0 radical (unpaired) electrons. The van der Waals surface area contributed by atoms with Gasteiger partial charge < -0.3 is 5.73 Å². The number of nitrogens with two attached hydrogens (primary N) is 1. The zero-order valence-electron chi connectivity index (χ0n) is 11.0. The van der Waals surface area contributed by atoms with Crippen molar-refractivity contribution in [1.82, 2.24) is 4.31 Å². The van der Waals surface area contributed by atoms with Crippen molar-refractivity contribution in [2.45, 2.75) is 24.8 Å². The van der Waals surface area contributed by atoms with Gasteiger partial charge in [0.15, 0.2) is 0 Å². The Kier molecular flexibility index (Phi) is 6.19. The van der Waals surface area contributed by atoms with Gasteiger partial charge in [-0.1, -0.05) is 19.1 Å². The van der Waals surface area contributed by atoms with Crippen molar-refractivity contribution in [2.24, 2.45) is 5.73 Å². The van der Waals surface area contributed by atoms with Crippen molar-refractivity contribution in [3.05, 3.63) is 40.9 Å². The molecule has 0 aliphatic carbocycles. The zero-order valence-corrected chi connectivity index (χ0v) is 13.4. The second-order valence-corrected chi connectivity index (χ2v) is 6.88. The van der Waals surface area contributed by atoms with Crippen molar-refractivity contribution < 1.29 is 8.42 Å². The molecule has 0 aliphatic rings. The third-order valence-electron chi connectivity index (χ3n) is 2.65. The first kappa shape index (κ1) is 16.4. The number of benzene rings is 1. The third-order valence-corrected chi connectivity index (χ3v) is 5.51. The summed E-state index contributed by atoms with van der Waals surface area (Å²) in [5.74, 6) is 0. The summed E-state index contributed by atoms with van der Waals surface area (Å²) in [5, 5.41) is 0. The molecule has 0 spiro atoms. The molecule has 0 saturated heterocycles. The van der Waals surface area contributed by atoms with Gasteiger partial charge in [0.1, 0.15) is 0 Å². The minimum atomic E-state index is -3.53. The highest BCUT2D eigenvalue weighted by atomic mass is 79.9. The van der Waals surface area contributed by atoms with Crippen molar-refractivity contribution in [2.75, 3.05) is 13.1 Å². The summed E-state index contributed by atoms with van der Waals surface area (Å²) >= 11 is 3.29. The van der Waals surface area contributed by atoms with Gasteiger partial charge in [0.2, 0.25) is 10.0 Å². The molecule has 0 atom stereocenters. The monoisotopic (exact) mass is 346 g/mol. The van der Waals surface area contributed by atoms with Crippen molar-refractivity contribution >= 4 is 26.0 Å². The van der Waals surface area contributed by atoms with Crippen LogP contribution in [0.25, 0.3) is 0 Å². The highest BCUT2D eigenvalue weighted by molar-refractivity contribution is 9.10. The summed E-state index contributed by atoms with van der Waals surface area (Å²) in [4.78, 5) is 0.255. The van der Waals surface area contributed by atoms with Gasteiger partial charge in [-0.3, -0.25) is 0 Å². The predicted octanol–water partition coefficient (Wildman–Crippen LogP) is 2.49. The molecule has 1 aromatic carbocycles. The molecule has 1 rings (SSSR count). The predicted molar refractivity (Wildman–Crippen MR) is 81.3 cm³/mol. The maximum atomic E-state index is 12.6. The van der Waals surface area contributed by atoms with Gasteiger partial charge in [-0.25, -0.2) is 8.42 Å². The van der Waals surface area contributed by atoms with Crippen LogP contribution in [-0.2, 0) is 16.6 Å². The minimum absolute atomic E-state index is 0.255. The summed E-state index contributed by atoms with van der Waals surface area (Å²) in [6.45, 7) is 6.63. The molecular formula is C13H19BrN2O2S. The standard InChI is InChI=1S/C13H19BrN2O2S/c1-3-7-16(8-4-2)19(17,18)13-9-11(10-15)5-6-12(13)14/h3,5-6,9H,1,4,7-8,10,15H2,2H3. The number of sulfonamides is 1. The van der Waals surface area contributed by atoms with Gasteiger partial charge in [0, 0.05) is 24.1 Å². The lowest BCUT2D eigenvalue weighted by molar-refractivity contribution is 0.441. The van der Waals surface area contributed by atoms with Gasteiger partial charge in [-0.2, -0.15) is 4.31 Å². The molecule has 19 heavy (non-hydrogen) atoms. The lowest BCUT2D eigenvalue weighted by Crippen LogP contribution is -2.32. The van der Waals surface area contributed by atoms with Crippen LogP contribution in [0.1, 0.15) is 18.9 Å². The Morgan fingerprint density at radius 2 is 2.16 bits per heavy atom. The molecule has 0 bridgehead atoms. The SMILES string of the molecule is C=CCN(CCC)S(=O)(=O)c1cc(CN)ccc1Br. The van der Waals surface area contributed by atoms with E-state index < -0.39 is 10.0 Å². The van der Waals surface area contributed by atoms with E-state index in [1.807, 2.05) is 6.92 Å². The molecule has 0 aromatic heterocycles. The highest BCUT2D eigenvalue weighted by Crippen LogP contribution is 2.26. The summed E-state index contributed by atoms with van der Waals surface area (Å²) in [7, 11) is -3.53. The van der Waals surface area contributed by atoms with Gasteiger partial charge >= 0.3 is 0 Å². The van der Waals surface area contributed by atoms with Crippen molar-refractivity contribution in [3.8, 4) is 0 Å². The second kappa shape index (κ2) is 7.19. The quantitative estimate of drug-likeness (QED) is 0.771. The Bertz CT molecular complexity index is 544. The lowest BCUT2D eigenvalue weighted by atomic mass is 10.2. The van der Waals surface area contributed by atoms with Gasteiger partial charge in [0.05, 0.1) is 4.90 Å². The maximum absolute atomic E-state index is 12.6. The molecule has 6 heteroatoms. The molecule has 4 nitrogen and oxygen atoms in total. The molecule has 0 saturated carbocycles. The normalized spacial score (nSPS) is 11.8. The highest BCUT2D eigenvalue weighted by Gasteiger charge is 2.25. The molecule has 1 aromatic rings. The number of halogens is 1. The summed E-state index contributed by atoms with van der Waals surface area (Å²) in [5.41, 5.74) is 6.35. The molecule has 0 amide bonds. The van der Waals surface area contributed by atoms with Gasteiger partial charge in [0.25, 0.3) is 0 Å². The first-order valence-electron chi connectivity index (χ1n) is 6.06. The third kappa shape index (κ3) is 3.89. The van der Waals surface area contributed by atoms with Gasteiger partial charge in [-0.15, -0.1) is 6.58 Å². The molecule has 106 valence electrons. The van der Waals surface area contributed by atoms with E-state index in [1.165, 1.54) is 4.31 Å². The second-order valence-electron chi connectivity index (χ2n) is 4.12. The largest absolute Gasteiger partial charge is 0.326 e. The number of rotatable bonds is 7. The van der Waals surface area contributed by atoms with Crippen LogP contribution in [-0.4, -0.2) is 25.8 Å². The first-order valence-corrected chi connectivity index (χ1v) is 8.30. The van der Waals surface area contributed by atoms with Crippen LogP contribution in [0.2, 0.25) is 0 Å². The number of hydrogen-bond donors (Lipinski definition) is 1. The Morgan fingerprint density at radius 3 is 2.68 bits per heavy atom. The van der Waals surface area contributed by atoms with Gasteiger partial charge in [-0.05, 0) is 40.0 Å². The number of hydrogen-bond acceptors (Lipinski definition) is 3. The van der Waals surface area contributed by atoms with E-state index in [9.17, 15) is 8.42 Å². The summed E-state index contributed by atoms with van der Waals surface area (Å²) < 4.78 is 27.2. The van der Waals surface area contributed by atoms with Crippen LogP contribution in [0.5, 0.6) is 0 Å². The summed E-state index contributed by atoms with van der Waals surface area (Å²) in [6, 6.07) is 5.14. The Balaban J connectivity index is 3.27. The average Bonchev–Trinajstić information content (AvgIpc) is 2.39. The van der Waals surface area contributed by atoms with E-state index in [0.29, 0.717) is 24.1 Å². The molecular weight excluding hydrogens is 328 g/mol. The van der Waals surface area contributed by atoms with Crippen molar-refractivity contribution in [3.63, 3.8) is 0 Å². The van der Waals surface area contributed by atoms with Crippen LogP contribution < -0.4 is 5.73 Å². The molecule has 2 N–H and O–H groups in total. The van der Waals surface area contributed by atoms with Crippen molar-refractivity contribution in [1.29, 1.82) is 0 Å². The molecule has 0 aliphatic heterocycles. The fraction of sp³-hybridized carbons (Fsp3) is 0.385. The van der Waals surface area contributed by atoms with Crippen LogP contribution in [0.3, 0.4) is 0 Å². The Hall–Kier alpha value is -0.690. The van der Waals surface area contributed by atoms with Crippen LogP contribution in [0, 0.1) is 0 Å². The fourth-order valence-electron chi connectivity index (χ4n) is 1.71.